The molecule has 1 heterocycles. The molecule has 2 atom stereocenters. The van der Waals surface area contributed by atoms with E-state index in [2.05, 4.69) is 49.3 Å². The molecule has 0 spiro atoms. The van der Waals surface area contributed by atoms with Crippen molar-refractivity contribution in [1.82, 2.24) is 15.2 Å². The zero-order chi connectivity index (χ0) is 28.5. The SMILES string of the molecule is Cc1[nH]c2ccccc2c1[C@H]1[C@H](CC(=O)N(CC(=O)NC23CC4CC(CC(C4)C2)C3)Cc2ccccc2F)C1(C)C. The quantitative estimate of drug-likeness (QED) is 0.319. The number of rotatable bonds is 8. The van der Waals surface area contributed by atoms with Crippen molar-refractivity contribution in [2.45, 2.75) is 83.7 Å². The normalized spacial score (nSPS) is 30.9. The molecule has 2 N–H and O–H groups in total. The van der Waals surface area contributed by atoms with Gasteiger partial charge in [-0.15, -0.1) is 0 Å². The number of aromatic nitrogens is 1. The summed E-state index contributed by atoms with van der Waals surface area (Å²) in [5.41, 5.74) is 3.85. The van der Waals surface area contributed by atoms with E-state index in [9.17, 15) is 14.0 Å². The molecule has 6 heteroatoms. The molecule has 5 aliphatic rings. The summed E-state index contributed by atoms with van der Waals surface area (Å²) in [7, 11) is 0. The number of nitrogens with zero attached hydrogens (tertiary/aromatic N) is 1. The van der Waals surface area contributed by atoms with Gasteiger partial charge < -0.3 is 15.2 Å². The summed E-state index contributed by atoms with van der Waals surface area (Å²) in [5.74, 6) is 2.05. The van der Waals surface area contributed by atoms with Gasteiger partial charge in [0.2, 0.25) is 11.8 Å². The van der Waals surface area contributed by atoms with E-state index in [0.29, 0.717) is 12.0 Å². The summed E-state index contributed by atoms with van der Waals surface area (Å²) >= 11 is 0. The summed E-state index contributed by atoms with van der Waals surface area (Å²) in [6.07, 6.45) is 7.45. The number of halogens is 1. The Morgan fingerprint density at radius 1 is 0.976 bits per heavy atom. The maximum Gasteiger partial charge on any atom is 0.240 e. The first-order valence-electron chi connectivity index (χ1n) is 15.5. The summed E-state index contributed by atoms with van der Waals surface area (Å²) in [5, 5.41) is 4.64. The van der Waals surface area contributed by atoms with E-state index in [4.69, 9.17) is 0 Å². The predicted octanol–water partition coefficient (Wildman–Crippen LogP) is 6.86. The van der Waals surface area contributed by atoms with Crippen molar-refractivity contribution in [3.8, 4) is 0 Å². The van der Waals surface area contributed by atoms with Gasteiger partial charge in [-0.05, 0) is 98.1 Å². The number of benzene rings is 2. The van der Waals surface area contributed by atoms with E-state index in [1.807, 2.05) is 6.07 Å². The van der Waals surface area contributed by atoms with Crippen LogP contribution in [-0.4, -0.2) is 33.8 Å². The highest BCUT2D eigenvalue weighted by atomic mass is 19.1. The smallest absolute Gasteiger partial charge is 0.240 e. The Bertz CT molecular complexity index is 1470. The molecule has 5 fully saturated rings. The summed E-state index contributed by atoms with van der Waals surface area (Å²) in [4.78, 5) is 32.7. The van der Waals surface area contributed by atoms with Crippen LogP contribution in [0.1, 0.15) is 81.5 Å². The van der Waals surface area contributed by atoms with Gasteiger partial charge in [-0.25, -0.2) is 4.39 Å². The zero-order valence-electron chi connectivity index (χ0n) is 24.5. The largest absolute Gasteiger partial charge is 0.358 e. The van der Waals surface area contributed by atoms with Gasteiger partial charge in [0.05, 0.1) is 6.54 Å². The first kappa shape index (κ1) is 26.7. The lowest BCUT2D eigenvalue weighted by molar-refractivity contribution is -0.139. The highest BCUT2D eigenvalue weighted by Gasteiger charge is 2.60. The molecule has 0 radical (unpaired) electrons. The van der Waals surface area contributed by atoms with Crippen molar-refractivity contribution in [2.75, 3.05) is 6.54 Å². The third kappa shape index (κ3) is 4.77. The predicted molar refractivity (Wildman–Crippen MR) is 159 cm³/mol. The van der Waals surface area contributed by atoms with Crippen molar-refractivity contribution < 1.29 is 14.0 Å². The van der Waals surface area contributed by atoms with Crippen molar-refractivity contribution in [2.24, 2.45) is 29.1 Å². The highest BCUT2D eigenvalue weighted by molar-refractivity contribution is 5.88. The standard InChI is InChI=1S/C35H42FN3O2/c1-21-32(26-9-5-7-11-29(26)37-21)33-27(34(33,2)3)15-31(41)39(19-25-8-4-6-10-28(25)36)20-30(40)38-35-16-22-12-23(17-35)14-24(13-22)18-35/h4-11,22-24,27,33,37H,12-20H2,1-3H3,(H,38,40)/t22?,23?,24?,27-,33+,35?/m0/s1. The average Bonchev–Trinajstić information content (AvgIpc) is 3.25. The van der Waals surface area contributed by atoms with Crippen LogP contribution in [0.2, 0.25) is 0 Å². The molecule has 5 nitrogen and oxygen atoms in total. The average molecular weight is 556 g/mol. The number of carbonyl (C=O) groups is 2. The van der Waals surface area contributed by atoms with Crippen LogP contribution in [0.15, 0.2) is 48.5 Å². The lowest BCUT2D eigenvalue weighted by Crippen LogP contribution is -2.61. The molecule has 0 saturated heterocycles. The molecule has 5 saturated carbocycles. The molecule has 216 valence electrons. The number of aryl methyl sites for hydroxylation is 1. The third-order valence-electron chi connectivity index (χ3n) is 11.1. The molecule has 0 unspecified atom stereocenters. The van der Waals surface area contributed by atoms with Crippen LogP contribution in [0.4, 0.5) is 4.39 Å². The van der Waals surface area contributed by atoms with Crippen LogP contribution in [0.25, 0.3) is 10.9 Å². The molecule has 8 rings (SSSR count). The maximum atomic E-state index is 14.7. The van der Waals surface area contributed by atoms with E-state index < -0.39 is 0 Å². The fourth-order valence-electron chi connectivity index (χ4n) is 9.55. The third-order valence-corrected chi connectivity index (χ3v) is 11.1. The Morgan fingerprint density at radius 3 is 2.29 bits per heavy atom. The summed E-state index contributed by atoms with van der Waals surface area (Å²) in [6, 6.07) is 14.9. The Hall–Kier alpha value is -3.15. The number of aromatic amines is 1. The number of para-hydroxylation sites is 1. The summed E-state index contributed by atoms with van der Waals surface area (Å²) < 4.78 is 14.7. The van der Waals surface area contributed by atoms with Crippen molar-refractivity contribution in [3.63, 3.8) is 0 Å². The Labute approximate surface area is 242 Å². The lowest BCUT2D eigenvalue weighted by atomic mass is 9.53. The number of hydrogen-bond donors (Lipinski definition) is 2. The van der Waals surface area contributed by atoms with Gasteiger partial charge in [-0.3, -0.25) is 9.59 Å². The number of carbonyl (C=O) groups excluding carboxylic acids is 2. The minimum Gasteiger partial charge on any atom is -0.358 e. The number of hydrogen-bond acceptors (Lipinski definition) is 2. The fourth-order valence-corrected chi connectivity index (χ4v) is 9.55. The first-order chi connectivity index (χ1) is 19.6. The highest BCUT2D eigenvalue weighted by Crippen LogP contribution is 2.67. The van der Waals surface area contributed by atoms with Gasteiger partial charge in [-0.1, -0.05) is 50.2 Å². The monoisotopic (exact) mass is 555 g/mol. The molecule has 0 aliphatic heterocycles. The molecule has 5 aliphatic carbocycles. The Kier molecular flexibility index (Phi) is 6.33. The second-order valence-corrected chi connectivity index (χ2v) is 14.4. The van der Waals surface area contributed by atoms with Crippen LogP contribution >= 0.6 is 0 Å². The molecular weight excluding hydrogens is 513 g/mol. The van der Waals surface area contributed by atoms with Gasteiger partial charge in [0, 0.05) is 40.7 Å². The fraction of sp³-hybridized carbons (Fsp3) is 0.543. The van der Waals surface area contributed by atoms with Crippen molar-refractivity contribution in [1.29, 1.82) is 0 Å². The van der Waals surface area contributed by atoms with Gasteiger partial charge in [0.25, 0.3) is 0 Å². The first-order valence-corrected chi connectivity index (χ1v) is 15.5. The maximum absolute atomic E-state index is 14.7. The van der Waals surface area contributed by atoms with Gasteiger partial charge >= 0.3 is 0 Å². The number of fused-ring (bicyclic) bond motifs is 1. The molecular formula is C35H42FN3O2. The van der Waals surface area contributed by atoms with Crippen LogP contribution in [0.3, 0.4) is 0 Å². The number of amides is 2. The molecule has 4 bridgehead atoms. The zero-order valence-corrected chi connectivity index (χ0v) is 24.5. The van der Waals surface area contributed by atoms with E-state index in [1.165, 1.54) is 36.3 Å². The van der Waals surface area contributed by atoms with Crippen LogP contribution in [0, 0.1) is 41.8 Å². The number of nitrogens with one attached hydrogen (secondary N) is 2. The minimum absolute atomic E-state index is 0.0289. The van der Waals surface area contributed by atoms with Gasteiger partial charge in [0.15, 0.2) is 0 Å². The number of H-pyrrole nitrogens is 1. The minimum atomic E-state index is -0.342. The van der Waals surface area contributed by atoms with Crippen LogP contribution in [0.5, 0.6) is 0 Å². The molecule has 3 aromatic rings. The Balaban J connectivity index is 1.10. The molecule has 41 heavy (non-hydrogen) atoms. The van der Waals surface area contributed by atoms with Crippen molar-refractivity contribution in [3.05, 3.63) is 71.2 Å². The van der Waals surface area contributed by atoms with E-state index in [-0.39, 0.29) is 53.5 Å². The molecule has 2 aromatic carbocycles. The Morgan fingerprint density at radius 2 is 1.61 bits per heavy atom. The second kappa shape index (κ2) is 9.71. The topological polar surface area (TPSA) is 65.2 Å². The molecule has 2 amide bonds. The van der Waals surface area contributed by atoms with Crippen LogP contribution < -0.4 is 5.32 Å². The summed E-state index contributed by atoms with van der Waals surface area (Å²) in [6.45, 7) is 6.65. The van der Waals surface area contributed by atoms with E-state index in [0.717, 1.165) is 48.2 Å². The second-order valence-electron chi connectivity index (χ2n) is 14.4. The molecule has 1 aromatic heterocycles. The van der Waals surface area contributed by atoms with Gasteiger partial charge in [0.1, 0.15) is 5.82 Å². The van der Waals surface area contributed by atoms with E-state index in [1.54, 1.807) is 23.1 Å². The van der Waals surface area contributed by atoms with E-state index >= 15 is 0 Å². The van der Waals surface area contributed by atoms with Crippen LogP contribution in [-0.2, 0) is 16.1 Å². The van der Waals surface area contributed by atoms with Gasteiger partial charge in [-0.2, -0.15) is 0 Å². The lowest BCUT2D eigenvalue weighted by Gasteiger charge is -2.57. The van der Waals surface area contributed by atoms with Crippen molar-refractivity contribution >= 4 is 22.7 Å².